The molecule has 0 radical (unpaired) electrons. The quantitative estimate of drug-likeness (QED) is 0.662. The first kappa shape index (κ1) is 16.8. The number of amides is 1. The molecule has 1 aromatic carbocycles. The van der Waals surface area contributed by atoms with Crippen LogP contribution in [0.3, 0.4) is 0 Å². The topological polar surface area (TPSA) is 95.6 Å². The zero-order valence-corrected chi connectivity index (χ0v) is 14.2. The highest BCUT2D eigenvalue weighted by molar-refractivity contribution is 5.94. The number of benzene rings is 1. The zero-order chi connectivity index (χ0) is 18.0. The van der Waals surface area contributed by atoms with E-state index in [2.05, 4.69) is 30.6 Å². The van der Waals surface area contributed by atoms with Crippen molar-refractivity contribution in [2.45, 2.75) is 26.3 Å². The van der Waals surface area contributed by atoms with Gasteiger partial charge in [0.15, 0.2) is 5.82 Å². The lowest BCUT2D eigenvalue weighted by molar-refractivity contribution is -0.124. The van der Waals surface area contributed by atoms with Gasteiger partial charge in [0.2, 0.25) is 11.9 Å². The monoisotopic (exact) mass is 342 g/mol. The summed E-state index contributed by atoms with van der Waals surface area (Å²) in [6.07, 6.45) is 3.08. The van der Waals surface area contributed by atoms with Crippen molar-refractivity contribution in [2.24, 2.45) is 0 Å². The van der Waals surface area contributed by atoms with Gasteiger partial charge in [-0.2, -0.15) is 4.98 Å². The molecule has 0 aliphatic carbocycles. The van der Waals surface area contributed by atoms with Gasteiger partial charge >= 0.3 is 0 Å². The largest absolute Gasteiger partial charge is 0.360 e. The fraction of sp³-hybridized carbons (Fsp3) is 0.294. The lowest BCUT2D eigenvalue weighted by Gasteiger charge is -2.24. The van der Waals surface area contributed by atoms with Gasteiger partial charge in [-0.15, -0.1) is 0 Å². The van der Waals surface area contributed by atoms with E-state index < -0.39 is 5.54 Å². The zero-order valence-electron chi connectivity index (χ0n) is 14.2. The van der Waals surface area contributed by atoms with Crippen LogP contribution in [0.1, 0.15) is 20.8 Å². The van der Waals surface area contributed by atoms with Crippen molar-refractivity contribution in [1.82, 2.24) is 25.3 Å². The van der Waals surface area contributed by atoms with E-state index in [0.717, 1.165) is 5.52 Å². The third-order valence-corrected chi connectivity index (χ3v) is 3.79. The molecule has 0 bridgehead atoms. The summed E-state index contributed by atoms with van der Waals surface area (Å²) in [5, 5.41) is 6.45. The number of fused-ring (bicyclic) bond motifs is 1. The first-order valence-electron chi connectivity index (χ1n) is 7.93. The van der Waals surface area contributed by atoms with E-state index in [1.807, 2.05) is 6.92 Å². The average molecular weight is 342 g/mol. The summed E-state index contributed by atoms with van der Waals surface area (Å²) in [6.45, 7) is 5.86. The summed E-state index contributed by atoms with van der Waals surface area (Å²) in [6, 6.07) is 4.47. The molecule has 0 aliphatic rings. The number of carbonyl (C=O) groups is 1. The third kappa shape index (κ3) is 3.42. The van der Waals surface area contributed by atoms with Gasteiger partial charge in [-0.25, -0.2) is 14.4 Å². The lowest BCUT2D eigenvalue weighted by atomic mass is 10.1. The molecule has 3 N–H and O–H groups in total. The molecule has 2 aromatic heterocycles. The van der Waals surface area contributed by atoms with Gasteiger partial charge in [-0.1, -0.05) is 0 Å². The fourth-order valence-corrected chi connectivity index (χ4v) is 2.48. The third-order valence-electron chi connectivity index (χ3n) is 3.79. The Balaban J connectivity index is 1.93. The first-order chi connectivity index (χ1) is 11.9. The molecule has 0 aliphatic heterocycles. The highest BCUT2D eigenvalue weighted by atomic mass is 19.1. The molecule has 3 aromatic rings. The number of anilines is 1. The van der Waals surface area contributed by atoms with Crippen LogP contribution >= 0.6 is 0 Å². The number of halogens is 1. The Kier molecular flexibility index (Phi) is 4.35. The molecule has 25 heavy (non-hydrogen) atoms. The smallest absolute Gasteiger partial charge is 0.245 e. The molecule has 0 saturated carbocycles. The summed E-state index contributed by atoms with van der Waals surface area (Å²) in [4.78, 5) is 27.8. The molecule has 0 unspecified atom stereocenters. The van der Waals surface area contributed by atoms with Gasteiger partial charge in [0, 0.05) is 29.2 Å². The van der Waals surface area contributed by atoms with Crippen molar-refractivity contribution < 1.29 is 9.18 Å². The summed E-state index contributed by atoms with van der Waals surface area (Å²) in [5.41, 5.74) is 0.561. The molecule has 130 valence electrons. The molecule has 0 saturated heterocycles. The molecule has 0 atom stereocenters. The second-order valence-corrected chi connectivity index (χ2v) is 6.13. The van der Waals surface area contributed by atoms with Gasteiger partial charge in [0.1, 0.15) is 17.7 Å². The minimum Gasteiger partial charge on any atom is -0.360 e. The van der Waals surface area contributed by atoms with E-state index in [4.69, 9.17) is 0 Å². The van der Waals surface area contributed by atoms with E-state index in [9.17, 15) is 9.18 Å². The van der Waals surface area contributed by atoms with Crippen LogP contribution in [0.25, 0.3) is 22.3 Å². The van der Waals surface area contributed by atoms with Crippen LogP contribution in [0.2, 0.25) is 0 Å². The van der Waals surface area contributed by atoms with Crippen LogP contribution in [0.15, 0.2) is 30.7 Å². The molecule has 0 spiro atoms. The SMILES string of the molecule is CCNC(=O)C(C)(C)Nc1ncnc(-c2c[nH]c3ccc(F)cc23)n1. The summed E-state index contributed by atoms with van der Waals surface area (Å²) in [7, 11) is 0. The Labute approximate surface area is 144 Å². The molecular weight excluding hydrogens is 323 g/mol. The minimum atomic E-state index is -0.888. The minimum absolute atomic E-state index is 0.161. The molecule has 0 fully saturated rings. The standard InChI is InChI=1S/C17H19FN6O/c1-4-19-15(25)17(2,3)24-16-22-9-21-14(23-16)12-8-20-13-6-5-10(18)7-11(12)13/h5-9,20H,4H2,1-3H3,(H,19,25)(H,21,22,23,24). The second-order valence-electron chi connectivity index (χ2n) is 6.13. The van der Waals surface area contributed by atoms with Crippen LogP contribution in [0, 0.1) is 5.82 Å². The predicted octanol–water partition coefficient (Wildman–Crippen LogP) is 2.49. The van der Waals surface area contributed by atoms with Crippen molar-refractivity contribution in [2.75, 3.05) is 11.9 Å². The number of aromatic nitrogens is 4. The molecule has 2 heterocycles. The highest BCUT2D eigenvalue weighted by Crippen LogP contribution is 2.27. The van der Waals surface area contributed by atoms with Crippen molar-refractivity contribution in [3.8, 4) is 11.4 Å². The number of likely N-dealkylation sites (N-methyl/N-ethyl adjacent to an activating group) is 1. The Morgan fingerprint density at radius 1 is 1.32 bits per heavy atom. The number of hydrogen-bond donors (Lipinski definition) is 3. The Morgan fingerprint density at radius 2 is 2.12 bits per heavy atom. The molecular formula is C17H19FN6O. The summed E-state index contributed by atoms with van der Waals surface area (Å²) >= 11 is 0. The van der Waals surface area contributed by atoms with Crippen molar-refractivity contribution in [1.29, 1.82) is 0 Å². The van der Waals surface area contributed by atoms with Gasteiger partial charge in [0.25, 0.3) is 0 Å². The normalized spacial score (nSPS) is 11.5. The summed E-state index contributed by atoms with van der Waals surface area (Å²) < 4.78 is 13.5. The highest BCUT2D eigenvalue weighted by Gasteiger charge is 2.28. The van der Waals surface area contributed by atoms with E-state index in [0.29, 0.717) is 23.3 Å². The average Bonchev–Trinajstić information content (AvgIpc) is 2.98. The van der Waals surface area contributed by atoms with Crippen molar-refractivity contribution >= 4 is 22.8 Å². The molecule has 1 amide bonds. The van der Waals surface area contributed by atoms with Crippen LogP contribution in [0.4, 0.5) is 10.3 Å². The van der Waals surface area contributed by atoms with Gasteiger partial charge in [-0.3, -0.25) is 4.79 Å². The summed E-state index contributed by atoms with van der Waals surface area (Å²) in [5.74, 6) is 0.164. The van der Waals surface area contributed by atoms with E-state index in [1.54, 1.807) is 26.1 Å². The Bertz CT molecular complexity index is 920. The molecule has 3 rings (SSSR count). The van der Waals surface area contributed by atoms with Crippen molar-refractivity contribution in [3.63, 3.8) is 0 Å². The number of aromatic amines is 1. The van der Waals surface area contributed by atoms with Crippen LogP contribution in [-0.2, 0) is 4.79 Å². The number of H-pyrrole nitrogens is 1. The fourth-order valence-electron chi connectivity index (χ4n) is 2.48. The maximum atomic E-state index is 13.5. The van der Waals surface area contributed by atoms with Gasteiger partial charge < -0.3 is 15.6 Å². The second kappa shape index (κ2) is 6.46. The first-order valence-corrected chi connectivity index (χ1v) is 7.93. The Hall–Kier alpha value is -3.03. The maximum absolute atomic E-state index is 13.5. The lowest BCUT2D eigenvalue weighted by Crippen LogP contribution is -2.48. The van der Waals surface area contributed by atoms with Crippen LogP contribution in [0.5, 0.6) is 0 Å². The number of rotatable bonds is 5. The van der Waals surface area contributed by atoms with E-state index >= 15 is 0 Å². The predicted molar refractivity (Wildman–Crippen MR) is 93.5 cm³/mol. The molecule has 8 heteroatoms. The number of hydrogen-bond acceptors (Lipinski definition) is 5. The van der Waals surface area contributed by atoms with E-state index in [1.165, 1.54) is 18.5 Å². The number of carbonyl (C=O) groups excluding carboxylic acids is 1. The number of nitrogens with zero attached hydrogens (tertiary/aromatic N) is 3. The maximum Gasteiger partial charge on any atom is 0.245 e. The van der Waals surface area contributed by atoms with Crippen molar-refractivity contribution in [3.05, 3.63) is 36.5 Å². The molecule has 7 nitrogen and oxygen atoms in total. The van der Waals surface area contributed by atoms with Crippen LogP contribution in [-0.4, -0.2) is 37.9 Å². The Morgan fingerprint density at radius 3 is 2.88 bits per heavy atom. The van der Waals surface area contributed by atoms with Crippen LogP contribution < -0.4 is 10.6 Å². The number of nitrogens with one attached hydrogen (secondary N) is 3. The van der Waals surface area contributed by atoms with Gasteiger partial charge in [0.05, 0.1) is 0 Å². The van der Waals surface area contributed by atoms with E-state index in [-0.39, 0.29) is 17.7 Å². The van der Waals surface area contributed by atoms with Gasteiger partial charge in [-0.05, 0) is 39.0 Å².